The summed E-state index contributed by atoms with van der Waals surface area (Å²) < 4.78 is 1.80. The Morgan fingerprint density at radius 2 is 1.68 bits per heavy atom. The summed E-state index contributed by atoms with van der Waals surface area (Å²) in [6.07, 6.45) is 2.16. The van der Waals surface area contributed by atoms with Gasteiger partial charge in [-0.25, -0.2) is 0 Å². The highest BCUT2D eigenvalue weighted by atomic mass is 32.2. The first-order valence-corrected chi connectivity index (χ1v) is 8.25. The van der Waals surface area contributed by atoms with E-state index in [9.17, 15) is 0 Å². The van der Waals surface area contributed by atoms with E-state index < -0.39 is 0 Å². The minimum atomic E-state index is 0.452. The van der Waals surface area contributed by atoms with E-state index in [-0.39, 0.29) is 0 Å². The standard InChI is InChI=1S/C17H18N4S/c1-14(12-13-15-8-4-2-5-9-15)22-17-18-19-20-21(17)16-10-6-3-7-11-16/h2-11,14H,12-13H2,1H3. The largest absolute Gasteiger partial charge is 0.214 e. The van der Waals surface area contributed by atoms with Crippen molar-refractivity contribution in [1.29, 1.82) is 0 Å². The van der Waals surface area contributed by atoms with Crippen molar-refractivity contribution in [2.75, 3.05) is 0 Å². The second-order valence-electron chi connectivity index (χ2n) is 5.16. The highest BCUT2D eigenvalue weighted by molar-refractivity contribution is 7.99. The molecule has 4 nitrogen and oxygen atoms in total. The van der Waals surface area contributed by atoms with Gasteiger partial charge in [0.05, 0.1) is 5.69 Å². The number of thioether (sulfide) groups is 1. The van der Waals surface area contributed by atoms with E-state index in [0.717, 1.165) is 23.7 Å². The number of benzene rings is 2. The molecule has 0 bridgehead atoms. The predicted molar refractivity (Wildman–Crippen MR) is 89.2 cm³/mol. The van der Waals surface area contributed by atoms with Crippen LogP contribution in [0.15, 0.2) is 65.8 Å². The van der Waals surface area contributed by atoms with Crippen molar-refractivity contribution in [1.82, 2.24) is 20.2 Å². The van der Waals surface area contributed by atoms with Crippen molar-refractivity contribution in [3.63, 3.8) is 0 Å². The third-order valence-corrected chi connectivity index (χ3v) is 4.53. The number of aryl methyl sites for hydroxylation is 1. The van der Waals surface area contributed by atoms with Crippen molar-refractivity contribution in [2.24, 2.45) is 0 Å². The Morgan fingerprint density at radius 1 is 1.00 bits per heavy atom. The zero-order valence-electron chi connectivity index (χ0n) is 12.5. The highest BCUT2D eigenvalue weighted by Crippen LogP contribution is 2.25. The number of para-hydroxylation sites is 1. The zero-order valence-corrected chi connectivity index (χ0v) is 13.3. The molecule has 1 atom stereocenters. The lowest BCUT2D eigenvalue weighted by atomic mass is 10.1. The van der Waals surface area contributed by atoms with Gasteiger partial charge in [-0.2, -0.15) is 4.68 Å². The number of hydrogen-bond donors (Lipinski definition) is 0. The fourth-order valence-electron chi connectivity index (χ4n) is 2.24. The molecule has 0 N–H and O–H groups in total. The molecule has 0 aliphatic heterocycles. The minimum absolute atomic E-state index is 0.452. The van der Waals surface area contributed by atoms with Gasteiger partial charge in [0.1, 0.15) is 0 Å². The van der Waals surface area contributed by atoms with Crippen LogP contribution in [-0.4, -0.2) is 25.5 Å². The van der Waals surface area contributed by atoms with Gasteiger partial charge in [-0.15, -0.1) is 5.10 Å². The molecule has 0 saturated heterocycles. The van der Waals surface area contributed by atoms with E-state index in [2.05, 4.69) is 52.8 Å². The highest BCUT2D eigenvalue weighted by Gasteiger charge is 2.13. The maximum Gasteiger partial charge on any atom is 0.214 e. The maximum atomic E-state index is 4.15. The number of tetrazole rings is 1. The minimum Gasteiger partial charge on any atom is -0.188 e. The quantitative estimate of drug-likeness (QED) is 0.650. The Hall–Kier alpha value is -2.14. The lowest BCUT2D eigenvalue weighted by molar-refractivity contribution is 0.749. The predicted octanol–water partition coefficient (Wildman–Crippen LogP) is 3.78. The van der Waals surface area contributed by atoms with E-state index in [1.165, 1.54) is 5.56 Å². The molecule has 3 aromatic rings. The van der Waals surface area contributed by atoms with E-state index in [1.54, 1.807) is 16.4 Å². The van der Waals surface area contributed by atoms with Crippen LogP contribution in [-0.2, 0) is 6.42 Å². The summed E-state index contributed by atoms with van der Waals surface area (Å²) in [4.78, 5) is 0. The van der Waals surface area contributed by atoms with Crippen molar-refractivity contribution in [2.45, 2.75) is 30.2 Å². The van der Waals surface area contributed by atoms with Gasteiger partial charge in [-0.05, 0) is 41.0 Å². The van der Waals surface area contributed by atoms with E-state index in [0.29, 0.717) is 5.25 Å². The van der Waals surface area contributed by atoms with Gasteiger partial charge in [-0.1, -0.05) is 67.2 Å². The first-order chi connectivity index (χ1) is 10.8. The summed E-state index contributed by atoms with van der Waals surface area (Å²) in [6.45, 7) is 2.22. The van der Waals surface area contributed by atoms with E-state index in [1.807, 2.05) is 30.3 Å². The second kappa shape index (κ2) is 7.22. The second-order valence-corrected chi connectivity index (χ2v) is 6.57. The topological polar surface area (TPSA) is 43.6 Å². The molecule has 1 aromatic heterocycles. The van der Waals surface area contributed by atoms with E-state index >= 15 is 0 Å². The van der Waals surface area contributed by atoms with Gasteiger partial charge in [-0.3, -0.25) is 0 Å². The van der Waals surface area contributed by atoms with Crippen molar-refractivity contribution < 1.29 is 0 Å². The molecular formula is C17H18N4S. The monoisotopic (exact) mass is 310 g/mol. The Bertz CT molecular complexity index is 697. The van der Waals surface area contributed by atoms with Gasteiger partial charge >= 0.3 is 0 Å². The van der Waals surface area contributed by atoms with Gasteiger partial charge in [0.15, 0.2) is 0 Å². The van der Waals surface area contributed by atoms with Gasteiger partial charge < -0.3 is 0 Å². The fraction of sp³-hybridized carbons (Fsp3) is 0.235. The van der Waals surface area contributed by atoms with Crippen LogP contribution < -0.4 is 0 Å². The Balaban J connectivity index is 1.63. The smallest absolute Gasteiger partial charge is 0.188 e. The molecule has 2 aromatic carbocycles. The number of nitrogens with zero attached hydrogens (tertiary/aromatic N) is 4. The van der Waals surface area contributed by atoms with Crippen LogP contribution in [0.2, 0.25) is 0 Å². The Kier molecular flexibility index (Phi) is 4.85. The molecule has 0 aliphatic rings. The number of hydrogen-bond acceptors (Lipinski definition) is 4. The van der Waals surface area contributed by atoms with Crippen molar-refractivity contribution in [3.8, 4) is 5.69 Å². The molecule has 5 heteroatoms. The van der Waals surface area contributed by atoms with Crippen LogP contribution in [0.25, 0.3) is 5.69 Å². The molecule has 3 rings (SSSR count). The normalized spacial score (nSPS) is 12.2. The van der Waals surface area contributed by atoms with Crippen molar-refractivity contribution in [3.05, 3.63) is 66.2 Å². The summed E-state index contributed by atoms with van der Waals surface area (Å²) in [7, 11) is 0. The van der Waals surface area contributed by atoms with Gasteiger partial charge in [0.2, 0.25) is 5.16 Å². The average Bonchev–Trinajstić information content (AvgIpc) is 3.03. The van der Waals surface area contributed by atoms with E-state index in [4.69, 9.17) is 0 Å². The maximum absolute atomic E-state index is 4.15. The third-order valence-electron chi connectivity index (χ3n) is 3.43. The van der Waals surface area contributed by atoms with Gasteiger partial charge in [0, 0.05) is 5.25 Å². The molecule has 22 heavy (non-hydrogen) atoms. The lowest BCUT2D eigenvalue weighted by Gasteiger charge is -2.10. The van der Waals surface area contributed by atoms with Crippen LogP contribution in [0.4, 0.5) is 0 Å². The summed E-state index contributed by atoms with van der Waals surface area (Å²) in [5, 5.41) is 13.3. The first-order valence-electron chi connectivity index (χ1n) is 7.37. The van der Waals surface area contributed by atoms with Crippen LogP contribution >= 0.6 is 11.8 Å². The molecular weight excluding hydrogens is 292 g/mol. The molecule has 0 fully saturated rings. The van der Waals surface area contributed by atoms with Crippen LogP contribution in [0.3, 0.4) is 0 Å². The summed E-state index contributed by atoms with van der Waals surface area (Å²) in [5.74, 6) is 0. The van der Waals surface area contributed by atoms with Crippen LogP contribution in [0.5, 0.6) is 0 Å². The number of rotatable bonds is 6. The Morgan fingerprint density at radius 3 is 2.41 bits per heavy atom. The summed E-state index contributed by atoms with van der Waals surface area (Å²) in [6, 6.07) is 20.6. The molecule has 1 unspecified atom stereocenters. The molecule has 1 heterocycles. The SMILES string of the molecule is CC(CCc1ccccc1)Sc1nnnn1-c1ccccc1. The third kappa shape index (κ3) is 3.74. The Labute approximate surface area is 134 Å². The first kappa shape index (κ1) is 14.8. The molecule has 0 aliphatic carbocycles. The zero-order chi connectivity index (χ0) is 15.2. The van der Waals surface area contributed by atoms with Gasteiger partial charge in [0.25, 0.3) is 0 Å². The average molecular weight is 310 g/mol. The van der Waals surface area contributed by atoms with Crippen LogP contribution in [0.1, 0.15) is 18.9 Å². The molecule has 0 radical (unpaired) electrons. The summed E-state index contributed by atoms with van der Waals surface area (Å²) in [5.41, 5.74) is 2.36. The molecule has 112 valence electrons. The lowest BCUT2D eigenvalue weighted by Crippen LogP contribution is -2.04. The van der Waals surface area contributed by atoms with Crippen LogP contribution in [0, 0.1) is 0 Å². The summed E-state index contributed by atoms with van der Waals surface area (Å²) >= 11 is 1.72. The van der Waals surface area contributed by atoms with Crippen molar-refractivity contribution >= 4 is 11.8 Å². The fourth-order valence-corrected chi connectivity index (χ4v) is 3.16. The molecule has 0 saturated carbocycles. The molecule has 0 spiro atoms. The molecule has 0 amide bonds. The number of aromatic nitrogens is 4.